The highest BCUT2D eigenvalue weighted by atomic mass is 127. The van der Waals surface area contributed by atoms with Crippen molar-refractivity contribution in [2.45, 2.75) is 59.4 Å². The Hall–Kier alpha value is -0.410. The maximum absolute atomic E-state index is 4.83. The van der Waals surface area contributed by atoms with E-state index >= 15 is 0 Å². The van der Waals surface area contributed by atoms with Gasteiger partial charge in [-0.2, -0.15) is 0 Å². The average Bonchev–Trinajstić information content (AvgIpc) is 3.08. The number of aliphatic imine (C=N–C) groups is 1. The second-order valence-corrected chi connectivity index (χ2v) is 8.27. The van der Waals surface area contributed by atoms with Crippen LogP contribution in [0.5, 0.6) is 0 Å². The summed E-state index contributed by atoms with van der Waals surface area (Å²) in [5.74, 6) is 1.62. The molecule has 0 bridgehead atoms. The first-order valence-corrected chi connectivity index (χ1v) is 10.6. The second-order valence-electron chi connectivity index (χ2n) is 7.07. The molecule has 1 fully saturated rings. The van der Waals surface area contributed by atoms with Crippen LogP contribution in [0.2, 0.25) is 0 Å². The highest BCUT2D eigenvalue weighted by molar-refractivity contribution is 14.0. The minimum Gasteiger partial charge on any atom is -0.357 e. The highest BCUT2D eigenvalue weighted by Gasteiger charge is 2.21. The Morgan fingerprint density at radius 2 is 2.19 bits per heavy atom. The van der Waals surface area contributed by atoms with E-state index in [0.29, 0.717) is 12.0 Å². The van der Waals surface area contributed by atoms with Gasteiger partial charge in [-0.15, -0.1) is 35.3 Å². The number of nitrogens with one attached hydrogen (secondary N) is 2. The lowest BCUT2D eigenvalue weighted by molar-refractivity contribution is 0.143. The van der Waals surface area contributed by atoms with Crippen LogP contribution in [0.25, 0.3) is 0 Å². The number of piperidine rings is 1. The summed E-state index contributed by atoms with van der Waals surface area (Å²) in [5, 5.41) is 8.04. The molecule has 1 atom stereocenters. The van der Waals surface area contributed by atoms with Crippen LogP contribution in [0.1, 0.15) is 50.4 Å². The van der Waals surface area contributed by atoms with Gasteiger partial charge in [0.1, 0.15) is 0 Å². The predicted octanol–water partition coefficient (Wildman–Crippen LogP) is 3.54. The third-order valence-corrected chi connectivity index (χ3v) is 5.92. The molecule has 0 amide bonds. The van der Waals surface area contributed by atoms with Crippen molar-refractivity contribution in [3.05, 3.63) is 16.1 Å². The molecule has 5 nitrogen and oxygen atoms in total. The zero-order chi connectivity index (χ0) is 18.1. The van der Waals surface area contributed by atoms with Gasteiger partial charge in [0, 0.05) is 49.7 Å². The van der Waals surface area contributed by atoms with Gasteiger partial charge in [-0.1, -0.05) is 6.92 Å². The Morgan fingerprint density at radius 1 is 1.38 bits per heavy atom. The number of rotatable bonds is 8. The summed E-state index contributed by atoms with van der Waals surface area (Å²) >= 11 is 1.82. The SMILES string of the molecule is CCNC(=NCC1CCCN(C(C)C)C1)NCCc1ncc(CC)s1.I. The molecule has 26 heavy (non-hydrogen) atoms. The zero-order valence-electron chi connectivity index (χ0n) is 16.8. The summed E-state index contributed by atoms with van der Waals surface area (Å²) in [7, 11) is 0. The van der Waals surface area contributed by atoms with Crippen molar-refractivity contribution in [1.29, 1.82) is 0 Å². The normalized spacial score (nSPS) is 18.7. The van der Waals surface area contributed by atoms with E-state index in [9.17, 15) is 0 Å². The summed E-state index contributed by atoms with van der Waals surface area (Å²) in [6, 6.07) is 0.643. The van der Waals surface area contributed by atoms with Crippen LogP contribution in [0, 0.1) is 5.92 Å². The molecule has 1 aromatic rings. The van der Waals surface area contributed by atoms with Crippen molar-refractivity contribution in [1.82, 2.24) is 20.5 Å². The van der Waals surface area contributed by atoms with Crippen LogP contribution in [0.4, 0.5) is 0 Å². The minimum atomic E-state index is 0. The summed E-state index contributed by atoms with van der Waals surface area (Å²) in [5.41, 5.74) is 0. The first kappa shape index (κ1) is 23.6. The van der Waals surface area contributed by atoms with E-state index < -0.39 is 0 Å². The Bertz CT molecular complexity index is 532. The molecule has 0 spiro atoms. The molecule has 1 aliphatic heterocycles. The lowest BCUT2D eigenvalue weighted by Gasteiger charge is -2.34. The topological polar surface area (TPSA) is 52.6 Å². The molecule has 2 rings (SSSR count). The van der Waals surface area contributed by atoms with Gasteiger partial charge in [0.05, 0.1) is 5.01 Å². The molecule has 1 saturated heterocycles. The van der Waals surface area contributed by atoms with E-state index in [1.54, 1.807) is 0 Å². The zero-order valence-corrected chi connectivity index (χ0v) is 19.9. The van der Waals surface area contributed by atoms with Crippen molar-refractivity contribution >= 4 is 41.3 Å². The molecule has 0 radical (unpaired) electrons. The third kappa shape index (κ3) is 8.08. The smallest absolute Gasteiger partial charge is 0.191 e. The van der Waals surface area contributed by atoms with Gasteiger partial charge in [-0.05, 0) is 52.5 Å². The van der Waals surface area contributed by atoms with Gasteiger partial charge >= 0.3 is 0 Å². The number of nitrogens with zero attached hydrogens (tertiary/aromatic N) is 3. The van der Waals surface area contributed by atoms with Crippen LogP contribution < -0.4 is 10.6 Å². The monoisotopic (exact) mass is 493 g/mol. The van der Waals surface area contributed by atoms with Gasteiger partial charge in [0.2, 0.25) is 0 Å². The van der Waals surface area contributed by atoms with Gasteiger partial charge < -0.3 is 15.5 Å². The lowest BCUT2D eigenvalue weighted by Crippen LogP contribution is -2.42. The molecular weight excluding hydrogens is 457 g/mol. The van der Waals surface area contributed by atoms with E-state index in [1.165, 1.54) is 35.8 Å². The number of hydrogen-bond donors (Lipinski definition) is 2. The first-order valence-electron chi connectivity index (χ1n) is 9.82. The van der Waals surface area contributed by atoms with E-state index in [4.69, 9.17) is 4.99 Å². The molecule has 0 saturated carbocycles. The van der Waals surface area contributed by atoms with Crippen LogP contribution in [0.3, 0.4) is 0 Å². The summed E-state index contributed by atoms with van der Waals surface area (Å²) in [6.07, 6.45) is 6.63. The number of likely N-dealkylation sites (tertiary alicyclic amines) is 1. The van der Waals surface area contributed by atoms with Crippen molar-refractivity contribution < 1.29 is 0 Å². The molecule has 7 heteroatoms. The number of aromatic nitrogens is 1. The largest absolute Gasteiger partial charge is 0.357 e. The van der Waals surface area contributed by atoms with E-state index in [0.717, 1.165) is 38.4 Å². The number of hydrogen-bond acceptors (Lipinski definition) is 4. The molecule has 0 aliphatic carbocycles. The van der Waals surface area contributed by atoms with Gasteiger partial charge in [0.25, 0.3) is 0 Å². The fourth-order valence-corrected chi connectivity index (χ4v) is 4.05. The van der Waals surface area contributed by atoms with E-state index in [1.807, 2.05) is 17.5 Å². The molecule has 1 aliphatic rings. The van der Waals surface area contributed by atoms with Crippen LogP contribution >= 0.6 is 35.3 Å². The fraction of sp³-hybridized carbons (Fsp3) is 0.789. The Morgan fingerprint density at radius 3 is 2.85 bits per heavy atom. The fourth-order valence-electron chi connectivity index (χ4n) is 3.19. The maximum Gasteiger partial charge on any atom is 0.191 e. The van der Waals surface area contributed by atoms with E-state index in [2.05, 4.69) is 48.2 Å². The van der Waals surface area contributed by atoms with Crippen LogP contribution in [0.15, 0.2) is 11.2 Å². The Balaban J connectivity index is 0.00000338. The molecule has 1 aromatic heterocycles. The predicted molar refractivity (Wildman–Crippen MR) is 124 cm³/mol. The van der Waals surface area contributed by atoms with Crippen molar-refractivity contribution in [2.24, 2.45) is 10.9 Å². The Labute approximate surface area is 180 Å². The standard InChI is InChI=1S/C19H35N5S.HI/c1-5-17-13-22-18(25-17)9-10-21-19(20-6-2)23-12-16-8-7-11-24(14-16)15(3)4;/h13,15-16H,5-12,14H2,1-4H3,(H2,20,21,23);1H. The average molecular weight is 494 g/mol. The van der Waals surface area contributed by atoms with Crippen molar-refractivity contribution in [3.63, 3.8) is 0 Å². The number of guanidine groups is 1. The highest BCUT2D eigenvalue weighted by Crippen LogP contribution is 2.18. The van der Waals surface area contributed by atoms with Gasteiger partial charge in [0.15, 0.2) is 5.96 Å². The quantitative estimate of drug-likeness (QED) is 0.331. The molecule has 150 valence electrons. The van der Waals surface area contributed by atoms with Gasteiger partial charge in [-0.3, -0.25) is 4.99 Å². The maximum atomic E-state index is 4.83. The third-order valence-electron chi connectivity index (χ3n) is 4.71. The summed E-state index contributed by atoms with van der Waals surface area (Å²) in [4.78, 5) is 13.3. The van der Waals surface area contributed by atoms with E-state index in [-0.39, 0.29) is 24.0 Å². The molecule has 1 unspecified atom stereocenters. The van der Waals surface area contributed by atoms with Crippen LogP contribution in [-0.4, -0.2) is 54.6 Å². The summed E-state index contributed by atoms with van der Waals surface area (Å²) < 4.78 is 0. The molecule has 2 N–H and O–H groups in total. The lowest BCUT2D eigenvalue weighted by atomic mass is 9.97. The molecule has 2 heterocycles. The van der Waals surface area contributed by atoms with Gasteiger partial charge in [-0.25, -0.2) is 4.98 Å². The van der Waals surface area contributed by atoms with Crippen molar-refractivity contribution in [2.75, 3.05) is 32.7 Å². The number of aryl methyl sites for hydroxylation is 1. The summed E-state index contributed by atoms with van der Waals surface area (Å²) in [6.45, 7) is 14.0. The number of halogens is 1. The van der Waals surface area contributed by atoms with Crippen molar-refractivity contribution in [3.8, 4) is 0 Å². The first-order chi connectivity index (χ1) is 12.1. The number of thiazole rings is 1. The minimum absolute atomic E-state index is 0. The second kappa shape index (κ2) is 12.9. The molecular formula is C19H36IN5S. The molecule has 0 aromatic carbocycles. The Kier molecular flexibility index (Phi) is 11.7. The van der Waals surface area contributed by atoms with Crippen LogP contribution in [-0.2, 0) is 12.8 Å².